The SMILES string of the molecule is CCNc1nc(SC(C)CCO)nc(-n2ccnc2)n1. The van der Waals surface area contributed by atoms with E-state index in [9.17, 15) is 0 Å². The molecule has 0 saturated carbocycles. The average molecular weight is 294 g/mol. The Hall–Kier alpha value is -1.67. The van der Waals surface area contributed by atoms with Crippen LogP contribution in [0.15, 0.2) is 23.9 Å². The number of aliphatic hydroxyl groups excluding tert-OH is 1. The first-order valence-electron chi connectivity index (χ1n) is 6.48. The van der Waals surface area contributed by atoms with E-state index in [2.05, 4.69) is 25.3 Å². The number of imidazole rings is 1. The third kappa shape index (κ3) is 3.91. The number of nitrogens with zero attached hydrogens (tertiary/aromatic N) is 5. The molecular weight excluding hydrogens is 276 g/mol. The summed E-state index contributed by atoms with van der Waals surface area (Å²) in [6.45, 7) is 4.92. The van der Waals surface area contributed by atoms with Crippen LogP contribution in [0.3, 0.4) is 0 Å². The summed E-state index contributed by atoms with van der Waals surface area (Å²) in [5, 5.41) is 12.9. The molecule has 0 amide bonds. The predicted molar refractivity (Wildman–Crippen MR) is 78.1 cm³/mol. The summed E-state index contributed by atoms with van der Waals surface area (Å²) in [5.74, 6) is 1.08. The molecule has 0 fully saturated rings. The lowest BCUT2D eigenvalue weighted by molar-refractivity contribution is 0.289. The highest BCUT2D eigenvalue weighted by atomic mass is 32.2. The standard InChI is InChI=1S/C12H18N6OS/c1-3-14-10-15-11(18-6-5-13-8-18)17-12(16-10)20-9(2)4-7-19/h5-6,8-9,19H,3-4,7H2,1-2H3,(H,14,15,16,17). The van der Waals surface area contributed by atoms with Crippen LogP contribution in [-0.4, -0.2) is 48.0 Å². The Balaban J connectivity index is 2.26. The normalized spacial score (nSPS) is 12.3. The molecule has 20 heavy (non-hydrogen) atoms. The molecule has 0 saturated heterocycles. The Morgan fingerprint density at radius 1 is 1.40 bits per heavy atom. The molecule has 0 bridgehead atoms. The summed E-state index contributed by atoms with van der Waals surface area (Å²) in [6, 6.07) is 0. The average Bonchev–Trinajstić information content (AvgIpc) is 2.93. The summed E-state index contributed by atoms with van der Waals surface area (Å²) >= 11 is 1.52. The molecule has 2 aromatic heterocycles. The maximum Gasteiger partial charge on any atom is 0.240 e. The summed E-state index contributed by atoms with van der Waals surface area (Å²) < 4.78 is 1.74. The van der Waals surface area contributed by atoms with Crippen molar-refractivity contribution in [2.24, 2.45) is 0 Å². The molecule has 1 unspecified atom stereocenters. The van der Waals surface area contributed by atoms with E-state index in [4.69, 9.17) is 5.11 Å². The second kappa shape index (κ2) is 7.20. The van der Waals surface area contributed by atoms with E-state index in [1.54, 1.807) is 23.3 Å². The van der Waals surface area contributed by atoms with Gasteiger partial charge in [-0.15, -0.1) is 0 Å². The van der Waals surface area contributed by atoms with Gasteiger partial charge in [0.1, 0.15) is 6.33 Å². The first kappa shape index (κ1) is 14.7. The highest BCUT2D eigenvalue weighted by Gasteiger charge is 2.11. The number of aromatic nitrogens is 5. The number of rotatable bonds is 7. The zero-order valence-electron chi connectivity index (χ0n) is 11.5. The van der Waals surface area contributed by atoms with E-state index in [1.165, 1.54) is 11.8 Å². The van der Waals surface area contributed by atoms with Crippen molar-refractivity contribution in [2.45, 2.75) is 30.7 Å². The molecule has 7 nitrogen and oxygen atoms in total. The Bertz CT molecular complexity index is 533. The molecule has 108 valence electrons. The van der Waals surface area contributed by atoms with Crippen molar-refractivity contribution in [1.29, 1.82) is 0 Å². The summed E-state index contributed by atoms with van der Waals surface area (Å²) in [5.41, 5.74) is 0. The van der Waals surface area contributed by atoms with Gasteiger partial charge in [0.2, 0.25) is 11.9 Å². The molecule has 2 rings (SSSR count). The zero-order valence-corrected chi connectivity index (χ0v) is 12.3. The number of aliphatic hydroxyl groups is 1. The van der Waals surface area contributed by atoms with Crippen molar-refractivity contribution in [1.82, 2.24) is 24.5 Å². The lowest BCUT2D eigenvalue weighted by Crippen LogP contribution is -2.10. The van der Waals surface area contributed by atoms with Gasteiger partial charge in [-0.05, 0) is 13.3 Å². The Kier molecular flexibility index (Phi) is 5.31. The Morgan fingerprint density at radius 2 is 2.25 bits per heavy atom. The van der Waals surface area contributed by atoms with E-state index in [-0.39, 0.29) is 11.9 Å². The van der Waals surface area contributed by atoms with Crippen molar-refractivity contribution < 1.29 is 5.11 Å². The molecule has 0 radical (unpaired) electrons. The van der Waals surface area contributed by atoms with Crippen LogP contribution in [-0.2, 0) is 0 Å². The van der Waals surface area contributed by atoms with Gasteiger partial charge in [0.25, 0.3) is 0 Å². The number of anilines is 1. The van der Waals surface area contributed by atoms with Gasteiger partial charge in [-0.2, -0.15) is 15.0 Å². The summed E-state index contributed by atoms with van der Waals surface area (Å²) in [4.78, 5) is 17.1. The van der Waals surface area contributed by atoms with E-state index < -0.39 is 0 Å². The molecule has 1 atom stereocenters. The fourth-order valence-corrected chi connectivity index (χ4v) is 2.41. The van der Waals surface area contributed by atoms with E-state index in [0.29, 0.717) is 23.5 Å². The Labute approximate surface area is 121 Å². The van der Waals surface area contributed by atoms with Crippen molar-refractivity contribution >= 4 is 17.7 Å². The molecule has 2 heterocycles. The smallest absolute Gasteiger partial charge is 0.240 e. The molecule has 0 aromatic carbocycles. The second-order valence-corrected chi connectivity index (χ2v) is 5.59. The Morgan fingerprint density at radius 3 is 2.90 bits per heavy atom. The van der Waals surface area contributed by atoms with E-state index in [0.717, 1.165) is 6.54 Å². The van der Waals surface area contributed by atoms with Crippen molar-refractivity contribution in [2.75, 3.05) is 18.5 Å². The van der Waals surface area contributed by atoms with Crippen LogP contribution in [0.2, 0.25) is 0 Å². The van der Waals surface area contributed by atoms with Gasteiger partial charge in [0.05, 0.1) is 0 Å². The highest BCUT2D eigenvalue weighted by Crippen LogP contribution is 2.23. The van der Waals surface area contributed by atoms with Gasteiger partial charge < -0.3 is 10.4 Å². The van der Waals surface area contributed by atoms with Gasteiger partial charge in [-0.1, -0.05) is 18.7 Å². The molecule has 8 heteroatoms. The number of hydrogen-bond acceptors (Lipinski definition) is 7. The molecular formula is C12H18N6OS. The van der Waals surface area contributed by atoms with Crippen LogP contribution in [0.5, 0.6) is 0 Å². The first-order valence-corrected chi connectivity index (χ1v) is 7.36. The van der Waals surface area contributed by atoms with Crippen molar-refractivity contribution in [3.8, 4) is 5.95 Å². The van der Waals surface area contributed by atoms with Gasteiger partial charge in [0.15, 0.2) is 5.16 Å². The molecule has 0 aliphatic rings. The summed E-state index contributed by atoms with van der Waals surface area (Å²) in [6.07, 6.45) is 5.82. The van der Waals surface area contributed by atoms with E-state index in [1.807, 2.05) is 13.8 Å². The molecule has 0 aliphatic carbocycles. The van der Waals surface area contributed by atoms with Crippen LogP contribution in [0.25, 0.3) is 5.95 Å². The third-order valence-corrected chi connectivity index (χ3v) is 3.55. The highest BCUT2D eigenvalue weighted by molar-refractivity contribution is 7.99. The monoisotopic (exact) mass is 294 g/mol. The van der Waals surface area contributed by atoms with E-state index >= 15 is 0 Å². The fourth-order valence-electron chi connectivity index (χ4n) is 1.55. The van der Waals surface area contributed by atoms with Crippen LogP contribution < -0.4 is 5.32 Å². The third-order valence-electron chi connectivity index (χ3n) is 2.52. The van der Waals surface area contributed by atoms with Crippen LogP contribution in [0, 0.1) is 0 Å². The lowest BCUT2D eigenvalue weighted by atomic mass is 10.4. The van der Waals surface area contributed by atoms with Gasteiger partial charge in [0, 0.05) is 30.8 Å². The maximum absolute atomic E-state index is 8.97. The maximum atomic E-state index is 8.97. The largest absolute Gasteiger partial charge is 0.396 e. The number of nitrogens with one attached hydrogen (secondary N) is 1. The minimum atomic E-state index is 0.160. The fraction of sp³-hybridized carbons (Fsp3) is 0.500. The summed E-state index contributed by atoms with van der Waals surface area (Å²) in [7, 11) is 0. The van der Waals surface area contributed by atoms with Gasteiger partial charge in [-0.25, -0.2) is 4.98 Å². The number of thioether (sulfide) groups is 1. The minimum Gasteiger partial charge on any atom is -0.396 e. The quantitative estimate of drug-likeness (QED) is 0.745. The zero-order chi connectivity index (χ0) is 14.4. The van der Waals surface area contributed by atoms with Gasteiger partial charge in [-0.3, -0.25) is 4.57 Å². The topological polar surface area (TPSA) is 88.8 Å². The van der Waals surface area contributed by atoms with Crippen molar-refractivity contribution in [3.63, 3.8) is 0 Å². The van der Waals surface area contributed by atoms with Gasteiger partial charge >= 0.3 is 0 Å². The van der Waals surface area contributed by atoms with Crippen LogP contribution >= 0.6 is 11.8 Å². The number of hydrogen-bond donors (Lipinski definition) is 2. The van der Waals surface area contributed by atoms with Crippen molar-refractivity contribution in [3.05, 3.63) is 18.7 Å². The first-order chi connectivity index (χ1) is 9.72. The van der Waals surface area contributed by atoms with Crippen LogP contribution in [0.1, 0.15) is 20.3 Å². The second-order valence-electron chi connectivity index (χ2n) is 4.18. The predicted octanol–water partition coefficient (Wildman–Crippen LogP) is 1.35. The van der Waals surface area contributed by atoms with Crippen LogP contribution in [0.4, 0.5) is 5.95 Å². The molecule has 0 spiro atoms. The minimum absolute atomic E-state index is 0.160. The molecule has 0 aliphatic heterocycles. The molecule has 2 aromatic rings. The molecule has 2 N–H and O–H groups in total. The lowest BCUT2D eigenvalue weighted by Gasteiger charge is -2.10.